The highest BCUT2D eigenvalue weighted by molar-refractivity contribution is 7.92. The Labute approximate surface area is 190 Å². The second-order valence-electron chi connectivity index (χ2n) is 7.93. The van der Waals surface area contributed by atoms with Crippen molar-refractivity contribution >= 4 is 21.6 Å². The van der Waals surface area contributed by atoms with E-state index in [2.05, 4.69) is 25.5 Å². The third-order valence-electron chi connectivity index (χ3n) is 5.64. The Morgan fingerprint density at radius 1 is 1.33 bits per heavy atom. The molecule has 1 unspecified atom stereocenters. The molecule has 12 heteroatoms. The molecular formula is C21H20N8O3S. The topological polar surface area (TPSA) is 152 Å². The number of nitriles is 1. The number of carbonyl (C=O) groups excluding carboxylic acids is 1. The smallest absolute Gasteiger partial charge is 0.270 e. The number of ether oxygens (including phenoxy) is 1. The first-order valence-corrected chi connectivity index (χ1v) is 11.6. The predicted octanol–water partition coefficient (Wildman–Crippen LogP) is 1.88. The molecule has 2 N–H and O–H groups in total. The molecular weight excluding hydrogens is 444 g/mol. The number of nitrogen functional groups attached to an aromatic ring is 1. The monoisotopic (exact) mass is 464 g/mol. The van der Waals surface area contributed by atoms with Crippen LogP contribution in [-0.2, 0) is 28.3 Å². The van der Waals surface area contributed by atoms with E-state index in [9.17, 15) is 14.3 Å². The van der Waals surface area contributed by atoms with Crippen LogP contribution in [0.15, 0.2) is 33.7 Å². The molecule has 3 aromatic rings. The van der Waals surface area contributed by atoms with Crippen molar-refractivity contribution < 1.29 is 13.7 Å². The maximum absolute atomic E-state index is 14.3. The van der Waals surface area contributed by atoms with Crippen LogP contribution in [0, 0.1) is 18.3 Å². The van der Waals surface area contributed by atoms with Gasteiger partial charge in [0.05, 0.1) is 41.1 Å². The molecule has 2 bridgehead atoms. The van der Waals surface area contributed by atoms with Gasteiger partial charge in [0.2, 0.25) is 0 Å². The molecule has 1 amide bonds. The lowest BCUT2D eigenvalue weighted by atomic mass is 10.1. The Balaban J connectivity index is 1.84. The SMILES string of the molecule is Cc1ccc2c(c1)[C@@H](C)Oc1nc(cnc1N)-c1c(nn(C)c1C#N)CN1CC(=O)N=S21=O. The number of benzene rings is 1. The van der Waals surface area contributed by atoms with Gasteiger partial charge in [0.1, 0.15) is 27.8 Å². The van der Waals surface area contributed by atoms with Crippen LogP contribution in [0.25, 0.3) is 11.3 Å². The Hall–Kier alpha value is -3.82. The number of hydrogen-bond donors (Lipinski definition) is 1. The molecule has 5 rings (SSSR count). The van der Waals surface area contributed by atoms with E-state index in [4.69, 9.17) is 10.5 Å². The van der Waals surface area contributed by atoms with Crippen molar-refractivity contribution in [1.82, 2.24) is 24.1 Å². The largest absolute Gasteiger partial charge is 0.467 e. The first kappa shape index (κ1) is 21.0. The number of nitrogens with zero attached hydrogens (tertiary/aromatic N) is 7. The zero-order valence-corrected chi connectivity index (χ0v) is 19.0. The summed E-state index contributed by atoms with van der Waals surface area (Å²) in [5, 5.41) is 14.2. The second-order valence-corrected chi connectivity index (χ2v) is 10.1. The molecule has 168 valence electrons. The first-order valence-electron chi connectivity index (χ1n) is 10.1. The molecule has 1 aromatic carbocycles. The first-order chi connectivity index (χ1) is 15.7. The van der Waals surface area contributed by atoms with Gasteiger partial charge in [-0.25, -0.2) is 14.2 Å². The molecule has 0 aliphatic carbocycles. The highest BCUT2D eigenvalue weighted by Gasteiger charge is 2.37. The van der Waals surface area contributed by atoms with Crippen LogP contribution in [0.2, 0.25) is 0 Å². The molecule has 0 saturated carbocycles. The summed E-state index contributed by atoms with van der Waals surface area (Å²) in [5.74, 6) is -0.331. The molecule has 2 aliphatic rings. The van der Waals surface area contributed by atoms with Crippen LogP contribution >= 0.6 is 0 Å². The molecule has 0 saturated heterocycles. The lowest BCUT2D eigenvalue weighted by molar-refractivity contribution is -0.117. The van der Waals surface area contributed by atoms with Gasteiger partial charge in [-0.05, 0) is 19.9 Å². The molecule has 0 spiro atoms. The quantitative estimate of drug-likeness (QED) is 0.529. The lowest BCUT2D eigenvalue weighted by Crippen LogP contribution is -2.30. The minimum absolute atomic E-state index is 0.0167. The average molecular weight is 465 g/mol. The summed E-state index contributed by atoms with van der Waals surface area (Å²) in [5.41, 5.74) is 8.98. The Kier molecular flexibility index (Phi) is 4.70. The number of carbonyl (C=O) groups is 1. The summed E-state index contributed by atoms with van der Waals surface area (Å²) in [6.07, 6.45) is 0.815. The summed E-state index contributed by atoms with van der Waals surface area (Å²) < 4.78 is 27.3. The zero-order valence-electron chi connectivity index (χ0n) is 18.1. The molecule has 2 aromatic heterocycles. The third-order valence-corrected chi connectivity index (χ3v) is 7.99. The van der Waals surface area contributed by atoms with Gasteiger partial charge in [0.15, 0.2) is 5.82 Å². The van der Waals surface area contributed by atoms with Gasteiger partial charge >= 0.3 is 0 Å². The lowest BCUT2D eigenvalue weighted by Gasteiger charge is -2.25. The minimum Gasteiger partial charge on any atom is -0.467 e. The van der Waals surface area contributed by atoms with E-state index in [0.717, 1.165) is 5.56 Å². The zero-order chi connectivity index (χ0) is 23.5. The van der Waals surface area contributed by atoms with Crippen molar-refractivity contribution in [2.24, 2.45) is 11.4 Å². The van der Waals surface area contributed by atoms with Crippen molar-refractivity contribution in [3.05, 3.63) is 46.9 Å². The van der Waals surface area contributed by atoms with E-state index in [0.29, 0.717) is 27.4 Å². The third kappa shape index (κ3) is 3.24. The highest BCUT2D eigenvalue weighted by Crippen LogP contribution is 2.37. The molecule has 0 radical (unpaired) electrons. The number of amides is 1. The summed E-state index contributed by atoms with van der Waals surface area (Å²) in [6.45, 7) is 3.56. The number of anilines is 1. The summed E-state index contributed by atoms with van der Waals surface area (Å²) >= 11 is 0. The van der Waals surface area contributed by atoms with Crippen LogP contribution in [-0.4, -0.2) is 40.7 Å². The van der Waals surface area contributed by atoms with E-state index >= 15 is 0 Å². The van der Waals surface area contributed by atoms with E-state index in [1.54, 1.807) is 20.0 Å². The molecule has 11 nitrogen and oxygen atoms in total. The molecule has 4 heterocycles. The molecule has 33 heavy (non-hydrogen) atoms. The summed E-state index contributed by atoms with van der Waals surface area (Å²) in [7, 11) is -1.67. The number of aryl methyl sites for hydroxylation is 2. The van der Waals surface area contributed by atoms with Gasteiger partial charge < -0.3 is 10.5 Å². The van der Waals surface area contributed by atoms with E-state index in [1.807, 2.05) is 19.1 Å². The summed E-state index contributed by atoms with van der Waals surface area (Å²) in [6, 6.07) is 7.50. The highest BCUT2D eigenvalue weighted by atomic mass is 32.2. The van der Waals surface area contributed by atoms with Crippen LogP contribution in [0.5, 0.6) is 5.88 Å². The van der Waals surface area contributed by atoms with Gasteiger partial charge in [0.25, 0.3) is 11.8 Å². The van der Waals surface area contributed by atoms with Crippen molar-refractivity contribution in [3.63, 3.8) is 0 Å². The van der Waals surface area contributed by atoms with E-state index < -0.39 is 21.9 Å². The Morgan fingerprint density at radius 3 is 2.88 bits per heavy atom. The van der Waals surface area contributed by atoms with E-state index in [-0.39, 0.29) is 30.5 Å². The fourth-order valence-electron chi connectivity index (χ4n) is 4.10. The predicted molar refractivity (Wildman–Crippen MR) is 118 cm³/mol. The standard InChI is InChI=1S/C21H20N8O3S/c1-11-4-5-17-13(6-11)12(2)32-21-20(23)24-8-14(25-21)19-15(26-28(3)16(19)7-22)9-29-10-18(30)27-33(17,29)31/h4-6,8,12H,9-10H2,1-3H3,(H2,23,24)/t12-,33?/m1/s1. The van der Waals surface area contributed by atoms with Crippen molar-refractivity contribution in [2.75, 3.05) is 12.3 Å². The summed E-state index contributed by atoms with van der Waals surface area (Å²) in [4.78, 5) is 21.5. The number of fused-ring (bicyclic) bond motifs is 7. The maximum Gasteiger partial charge on any atom is 0.270 e. The van der Waals surface area contributed by atoms with Crippen LogP contribution < -0.4 is 10.5 Å². The van der Waals surface area contributed by atoms with Gasteiger partial charge in [-0.3, -0.25) is 9.48 Å². The van der Waals surface area contributed by atoms with Crippen molar-refractivity contribution in [3.8, 4) is 23.2 Å². The number of aromatic nitrogens is 4. The van der Waals surface area contributed by atoms with Gasteiger partial charge in [0, 0.05) is 12.6 Å². The van der Waals surface area contributed by atoms with Crippen molar-refractivity contribution in [2.45, 2.75) is 31.4 Å². The number of rotatable bonds is 0. The maximum atomic E-state index is 14.3. The van der Waals surface area contributed by atoms with Gasteiger partial charge in [-0.2, -0.15) is 14.7 Å². The average Bonchev–Trinajstić information content (AvgIpc) is 3.23. The van der Waals surface area contributed by atoms with Gasteiger partial charge in [-0.1, -0.05) is 17.7 Å². The van der Waals surface area contributed by atoms with Crippen LogP contribution in [0.4, 0.5) is 5.82 Å². The van der Waals surface area contributed by atoms with Crippen LogP contribution in [0.1, 0.15) is 35.5 Å². The number of nitrogens with two attached hydrogens (primary N) is 1. The van der Waals surface area contributed by atoms with E-state index in [1.165, 1.54) is 15.2 Å². The number of hydrogen-bond acceptors (Lipinski definition) is 8. The van der Waals surface area contributed by atoms with Crippen LogP contribution in [0.3, 0.4) is 0 Å². The molecule has 2 atom stereocenters. The Bertz CT molecular complexity index is 1500. The second kappa shape index (κ2) is 7.36. The van der Waals surface area contributed by atoms with Crippen molar-refractivity contribution in [1.29, 1.82) is 5.26 Å². The fourth-order valence-corrected chi connectivity index (χ4v) is 6.28. The Morgan fingerprint density at radius 2 is 2.12 bits per heavy atom. The minimum atomic E-state index is -3.30. The normalized spacial score (nSPS) is 22.0. The molecule has 0 fully saturated rings. The van der Waals surface area contributed by atoms with Gasteiger partial charge in [-0.15, -0.1) is 4.36 Å². The molecule has 2 aliphatic heterocycles. The fraction of sp³-hybridized carbons (Fsp3) is 0.286.